The maximum atomic E-state index is 11.6. The van der Waals surface area contributed by atoms with Gasteiger partial charge in [0.1, 0.15) is 5.75 Å². The van der Waals surface area contributed by atoms with Crippen LogP contribution in [0.3, 0.4) is 0 Å². The van der Waals surface area contributed by atoms with Gasteiger partial charge in [-0.3, -0.25) is 0 Å². The summed E-state index contributed by atoms with van der Waals surface area (Å²) in [6.45, 7) is 5.71. The second kappa shape index (κ2) is 7.12. The molecule has 0 radical (unpaired) electrons. The molecule has 0 heterocycles. The summed E-state index contributed by atoms with van der Waals surface area (Å²) in [4.78, 5) is 11.6. The lowest BCUT2D eigenvalue weighted by Gasteiger charge is -2.16. The van der Waals surface area contributed by atoms with E-state index in [9.17, 15) is 4.79 Å². The molecule has 0 bridgehead atoms. The summed E-state index contributed by atoms with van der Waals surface area (Å²) < 4.78 is 11.4. The number of ether oxygens (including phenoxy) is 2. The Morgan fingerprint density at radius 3 is 2.65 bits per heavy atom. The number of halogens is 1. The molecule has 4 heteroatoms. The lowest BCUT2D eigenvalue weighted by molar-refractivity contribution is -0.151. The summed E-state index contributed by atoms with van der Waals surface area (Å²) in [6, 6.07) is 7.29. The van der Waals surface area contributed by atoms with Gasteiger partial charge >= 0.3 is 5.97 Å². The fourth-order valence-electron chi connectivity index (χ4n) is 1.26. The van der Waals surface area contributed by atoms with Crippen LogP contribution in [0, 0.1) is 0 Å². The number of carbonyl (C=O) groups is 1. The molecule has 1 rings (SSSR count). The van der Waals surface area contributed by atoms with Crippen LogP contribution >= 0.6 is 15.9 Å². The van der Waals surface area contributed by atoms with Gasteiger partial charge in [0.2, 0.25) is 0 Å². The van der Waals surface area contributed by atoms with Gasteiger partial charge in [-0.1, -0.05) is 22.0 Å². The molecular weight excluding hydrogens is 284 g/mol. The Morgan fingerprint density at radius 2 is 2.12 bits per heavy atom. The summed E-state index contributed by atoms with van der Waals surface area (Å²) in [6.07, 6.45) is 1.43. The predicted molar refractivity (Wildman–Crippen MR) is 70.0 cm³/mol. The van der Waals surface area contributed by atoms with Crippen LogP contribution in [0.15, 0.2) is 41.4 Å². The van der Waals surface area contributed by atoms with Crippen molar-refractivity contribution in [1.82, 2.24) is 0 Å². The first-order chi connectivity index (χ1) is 8.17. The van der Waals surface area contributed by atoms with E-state index >= 15 is 0 Å². The van der Waals surface area contributed by atoms with Crippen LogP contribution in [0.5, 0.6) is 5.75 Å². The zero-order chi connectivity index (χ0) is 12.7. The second-order valence-electron chi connectivity index (χ2n) is 3.34. The third kappa shape index (κ3) is 4.61. The van der Waals surface area contributed by atoms with E-state index < -0.39 is 6.10 Å². The van der Waals surface area contributed by atoms with Crippen molar-refractivity contribution in [1.29, 1.82) is 0 Å². The molecule has 1 aromatic rings. The van der Waals surface area contributed by atoms with Gasteiger partial charge in [0.05, 0.1) is 6.61 Å². The first-order valence-electron chi connectivity index (χ1n) is 5.37. The van der Waals surface area contributed by atoms with Crippen molar-refractivity contribution < 1.29 is 14.3 Å². The van der Waals surface area contributed by atoms with E-state index in [0.717, 1.165) is 4.47 Å². The number of hydrogen-bond donors (Lipinski definition) is 0. The highest BCUT2D eigenvalue weighted by atomic mass is 79.9. The zero-order valence-corrected chi connectivity index (χ0v) is 11.3. The standard InChI is InChI=1S/C13H15BrO3/c1-3-5-12(13(15)16-4-2)17-11-8-6-10(14)7-9-11/h3,6-9,12H,1,4-5H2,2H3. The molecule has 0 aliphatic carbocycles. The minimum Gasteiger partial charge on any atom is -0.478 e. The summed E-state index contributed by atoms with van der Waals surface area (Å²) in [5.74, 6) is 0.267. The molecule has 3 nitrogen and oxygen atoms in total. The normalized spacial score (nSPS) is 11.6. The quantitative estimate of drug-likeness (QED) is 0.597. The number of hydrogen-bond acceptors (Lipinski definition) is 3. The maximum absolute atomic E-state index is 11.6. The molecular formula is C13H15BrO3. The van der Waals surface area contributed by atoms with Gasteiger partial charge in [-0.05, 0) is 31.2 Å². The minimum atomic E-state index is -0.631. The van der Waals surface area contributed by atoms with Crippen molar-refractivity contribution in [3.05, 3.63) is 41.4 Å². The van der Waals surface area contributed by atoms with Crippen molar-refractivity contribution in [2.45, 2.75) is 19.4 Å². The molecule has 0 amide bonds. The lowest BCUT2D eigenvalue weighted by atomic mass is 10.2. The van der Waals surface area contributed by atoms with E-state index in [2.05, 4.69) is 22.5 Å². The first-order valence-corrected chi connectivity index (χ1v) is 6.16. The van der Waals surface area contributed by atoms with Crippen LogP contribution in [0.25, 0.3) is 0 Å². The molecule has 92 valence electrons. The smallest absolute Gasteiger partial charge is 0.347 e. The molecule has 17 heavy (non-hydrogen) atoms. The van der Waals surface area contributed by atoms with Crippen molar-refractivity contribution in [2.75, 3.05) is 6.61 Å². The van der Waals surface area contributed by atoms with Crippen LogP contribution in [-0.4, -0.2) is 18.7 Å². The van der Waals surface area contributed by atoms with Gasteiger partial charge in [-0.15, -0.1) is 6.58 Å². The topological polar surface area (TPSA) is 35.5 Å². The molecule has 0 aliphatic heterocycles. The summed E-state index contributed by atoms with van der Waals surface area (Å²) in [7, 11) is 0. The lowest BCUT2D eigenvalue weighted by Crippen LogP contribution is -2.28. The maximum Gasteiger partial charge on any atom is 0.347 e. The van der Waals surface area contributed by atoms with Crippen LogP contribution < -0.4 is 4.74 Å². The van der Waals surface area contributed by atoms with Crippen molar-refractivity contribution in [2.24, 2.45) is 0 Å². The molecule has 1 aromatic carbocycles. The predicted octanol–water partition coefficient (Wildman–Crippen LogP) is 3.34. The molecule has 0 saturated heterocycles. The number of benzene rings is 1. The number of esters is 1. The van der Waals surface area contributed by atoms with Gasteiger partial charge in [0.25, 0.3) is 0 Å². The van der Waals surface area contributed by atoms with Gasteiger partial charge in [0.15, 0.2) is 6.10 Å². The fourth-order valence-corrected chi connectivity index (χ4v) is 1.52. The zero-order valence-electron chi connectivity index (χ0n) is 9.69. The Balaban J connectivity index is 2.68. The van der Waals surface area contributed by atoms with Crippen molar-refractivity contribution in [3.8, 4) is 5.75 Å². The van der Waals surface area contributed by atoms with E-state index in [-0.39, 0.29) is 5.97 Å². The number of carbonyl (C=O) groups excluding carboxylic acids is 1. The van der Waals surface area contributed by atoms with E-state index in [4.69, 9.17) is 9.47 Å². The Hall–Kier alpha value is -1.29. The highest BCUT2D eigenvalue weighted by molar-refractivity contribution is 9.10. The Morgan fingerprint density at radius 1 is 1.47 bits per heavy atom. The first kappa shape index (κ1) is 13.8. The summed E-state index contributed by atoms with van der Waals surface area (Å²) in [5.41, 5.74) is 0. The molecule has 0 aliphatic rings. The van der Waals surface area contributed by atoms with Crippen LogP contribution in [0.2, 0.25) is 0 Å². The minimum absolute atomic E-state index is 0.343. The Labute approximate surface area is 110 Å². The third-order valence-corrected chi connectivity index (χ3v) is 2.55. The molecule has 0 aromatic heterocycles. The molecule has 0 spiro atoms. The van der Waals surface area contributed by atoms with Gasteiger partial charge < -0.3 is 9.47 Å². The van der Waals surface area contributed by atoms with Crippen LogP contribution in [-0.2, 0) is 9.53 Å². The third-order valence-electron chi connectivity index (χ3n) is 2.02. The van der Waals surface area contributed by atoms with Crippen molar-refractivity contribution >= 4 is 21.9 Å². The molecule has 1 atom stereocenters. The monoisotopic (exact) mass is 298 g/mol. The fraction of sp³-hybridized carbons (Fsp3) is 0.308. The highest BCUT2D eigenvalue weighted by Gasteiger charge is 2.20. The molecule has 0 N–H and O–H groups in total. The van der Waals surface area contributed by atoms with Gasteiger partial charge in [0, 0.05) is 10.9 Å². The van der Waals surface area contributed by atoms with Crippen molar-refractivity contribution in [3.63, 3.8) is 0 Å². The van der Waals surface area contributed by atoms with Gasteiger partial charge in [-0.25, -0.2) is 4.79 Å². The molecule has 0 saturated carbocycles. The second-order valence-corrected chi connectivity index (χ2v) is 4.25. The highest BCUT2D eigenvalue weighted by Crippen LogP contribution is 2.18. The average molecular weight is 299 g/mol. The summed E-state index contributed by atoms with van der Waals surface area (Å²) >= 11 is 3.33. The van der Waals surface area contributed by atoms with E-state index in [1.807, 2.05) is 12.1 Å². The SMILES string of the molecule is C=CCC(Oc1ccc(Br)cc1)C(=O)OCC. The Kier molecular flexibility index (Phi) is 5.77. The summed E-state index contributed by atoms with van der Waals surface area (Å²) in [5, 5.41) is 0. The largest absolute Gasteiger partial charge is 0.478 e. The Bertz CT molecular complexity index is 373. The average Bonchev–Trinajstić information content (AvgIpc) is 2.31. The van der Waals surface area contributed by atoms with E-state index in [0.29, 0.717) is 18.8 Å². The number of rotatable bonds is 6. The van der Waals surface area contributed by atoms with E-state index in [1.165, 1.54) is 0 Å². The molecule has 0 fully saturated rings. The molecule has 1 unspecified atom stereocenters. The van der Waals surface area contributed by atoms with Crippen LogP contribution in [0.1, 0.15) is 13.3 Å². The van der Waals surface area contributed by atoms with E-state index in [1.54, 1.807) is 25.1 Å². The van der Waals surface area contributed by atoms with Crippen LogP contribution in [0.4, 0.5) is 0 Å². The van der Waals surface area contributed by atoms with Gasteiger partial charge in [-0.2, -0.15) is 0 Å².